The standard InChI is InChI=1S/C12H14F3NO/c1-17-7-9-5-8-3-2-4-11(12(13,14)15)10(8)6-16-9/h2-4,9,16H,5-7H2,1H3. The molecule has 2 nitrogen and oxygen atoms in total. The van der Waals surface area contributed by atoms with Crippen molar-refractivity contribution in [2.24, 2.45) is 0 Å². The van der Waals surface area contributed by atoms with Gasteiger partial charge in [0.1, 0.15) is 0 Å². The van der Waals surface area contributed by atoms with Crippen molar-refractivity contribution in [1.82, 2.24) is 5.32 Å². The topological polar surface area (TPSA) is 21.3 Å². The Morgan fingerprint density at radius 3 is 2.82 bits per heavy atom. The summed E-state index contributed by atoms with van der Waals surface area (Å²) in [7, 11) is 1.59. The maximum Gasteiger partial charge on any atom is 0.416 e. The van der Waals surface area contributed by atoms with Crippen molar-refractivity contribution in [3.05, 3.63) is 34.9 Å². The summed E-state index contributed by atoms with van der Waals surface area (Å²) in [5.74, 6) is 0. The monoisotopic (exact) mass is 245 g/mol. The fourth-order valence-electron chi connectivity index (χ4n) is 2.20. The summed E-state index contributed by atoms with van der Waals surface area (Å²) >= 11 is 0. The maximum atomic E-state index is 12.8. The normalized spacial score (nSPS) is 20.1. The summed E-state index contributed by atoms with van der Waals surface area (Å²) in [6, 6.07) is 4.46. The van der Waals surface area contributed by atoms with Crippen molar-refractivity contribution in [2.75, 3.05) is 13.7 Å². The zero-order chi connectivity index (χ0) is 12.5. The zero-order valence-electron chi connectivity index (χ0n) is 9.47. The molecule has 0 radical (unpaired) electrons. The van der Waals surface area contributed by atoms with Crippen LogP contribution >= 0.6 is 0 Å². The van der Waals surface area contributed by atoms with Gasteiger partial charge in [-0.3, -0.25) is 0 Å². The lowest BCUT2D eigenvalue weighted by Gasteiger charge is -2.27. The maximum absolute atomic E-state index is 12.8. The SMILES string of the molecule is COCC1Cc2cccc(C(F)(F)F)c2CN1. The molecule has 1 aliphatic rings. The van der Waals surface area contributed by atoms with E-state index in [1.807, 2.05) is 0 Å². The minimum atomic E-state index is -4.28. The predicted molar refractivity (Wildman–Crippen MR) is 57.7 cm³/mol. The molecule has 0 bridgehead atoms. The van der Waals surface area contributed by atoms with Gasteiger partial charge in [-0.2, -0.15) is 13.2 Å². The number of nitrogens with one attached hydrogen (secondary N) is 1. The molecule has 1 heterocycles. The smallest absolute Gasteiger partial charge is 0.383 e. The van der Waals surface area contributed by atoms with Crippen molar-refractivity contribution in [2.45, 2.75) is 25.2 Å². The summed E-state index contributed by atoms with van der Waals surface area (Å²) in [4.78, 5) is 0. The molecule has 1 atom stereocenters. The van der Waals surface area contributed by atoms with E-state index in [2.05, 4.69) is 5.32 Å². The molecule has 0 saturated carbocycles. The highest BCUT2D eigenvalue weighted by molar-refractivity contribution is 5.39. The molecule has 0 aliphatic carbocycles. The second kappa shape index (κ2) is 4.66. The van der Waals surface area contributed by atoms with Crippen molar-refractivity contribution < 1.29 is 17.9 Å². The van der Waals surface area contributed by atoms with Gasteiger partial charge in [-0.15, -0.1) is 0 Å². The minimum absolute atomic E-state index is 0.0935. The van der Waals surface area contributed by atoms with Crippen LogP contribution in [0.3, 0.4) is 0 Å². The third kappa shape index (κ3) is 2.61. The van der Waals surface area contributed by atoms with Gasteiger partial charge in [-0.25, -0.2) is 0 Å². The van der Waals surface area contributed by atoms with Crippen molar-refractivity contribution in [3.63, 3.8) is 0 Å². The Balaban J connectivity index is 2.29. The molecule has 2 rings (SSSR count). The number of hydrogen-bond donors (Lipinski definition) is 1. The third-order valence-corrected chi connectivity index (χ3v) is 2.98. The molecule has 0 fully saturated rings. The first-order valence-electron chi connectivity index (χ1n) is 5.42. The van der Waals surface area contributed by atoms with Crippen LogP contribution < -0.4 is 5.32 Å². The highest BCUT2D eigenvalue weighted by Gasteiger charge is 2.35. The zero-order valence-corrected chi connectivity index (χ0v) is 9.47. The molecular formula is C12H14F3NO. The summed E-state index contributed by atoms with van der Waals surface area (Å²) < 4.78 is 43.3. The van der Waals surface area contributed by atoms with Gasteiger partial charge in [0.05, 0.1) is 12.2 Å². The molecule has 1 N–H and O–H groups in total. The Labute approximate surface area is 97.8 Å². The molecule has 1 unspecified atom stereocenters. The Hall–Kier alpha value is -1.07. The summed E-state index contributed by atoms with van der Waals surface area (Å²) in [6.07, 6.45) is -3.70. The van der Waals surface area contributed by atoms with Crippen molar-refractivity contribution in [1.29, 1.82) is 0 Å². The van der Waals surface area contributed by atoms with E-state index in [-0.39, 0.29) is 12.6 Å². The average molecular weight is 245 g/mol. The lowest BCUT2D eigenvalue weighted by Crippen LogP contribution is -2.39. The number of alkyl halides is 3. The first kappa shape index (κ1) is 12.4. The second-order valence-electron chi connectivity index (χ2n) is 4.18. The lowest BCUT2D eigenvalue weighted by atomic mass is 9.92. The van der Waals surface area contributed by atoms with Crippen LogP contribution in [-0.2, 0) is 23.9 Å². The van der Waals surface area contributed by atoms with E-state index in [9.17, 15) is 13.2 Å². The fourth-order valence-corrected chi connectivity index (χ4v) is 2.20. The highest BCUT2D eigenvalue weighted by Crippen LogP contribution is 2.34. The van der Waals surface area contributed by atoms with Gasteiger partial charge in [-0.1, -0.05) is 12.1 Å². The Morgan fingerprint density at radius 2 is 2.18 bits per heavy atom. The Morgan fingerprint density at radius 1 is 1.41 bits per heavy atom. The van der Waals surface area contributed by atoms with Crippen LogP contribution in [0.2, 0.25) is 0 Å². The van der Waals surface area contributed by atoms with Crippen LogP contribution in [0.15, 0.2) is 18.2 Å². The summed E-state index contributed by atoms with van der Waals surface area (Å²) in [5, 5.41) is 3.06. The number of ether oxygens (including phenoxy) is 1. The number of rotatable bonds is 2. The van der Waals surface area contributed by atoms with Crippen LogP contribution in [0, 0.1) is 0 Å². The van der Waals surface area contributed by atoms with Gasteiger partial charge < -0.3 is 10.1 Å². The molecule has 1 aromatic rings. The van der Waals surface area contributed by atoms with Gasteiger partial charge in [0.15, 0.2) is 0 Å². The molecule has 17 heavy (non-hydrogen) atoms. The van der Waals surface area contributed by atoms with Crippen LogP contribution in [-0.4, -0.2) is 19.8 Å². The predicted octanol–water partition coefficient (Wildman–Crippen LogP) is 2.37. The molecule has 0 saturated heterocycles. The number of methoxy groups -OCH3 is 1. The van der Waals surface area contributed by atoms with E-state index >= 15 is 0 Å². The van der Waals surface area contributed by atoms with Crippen LogP contribution in [0.5, 0.6) is 0 Å². The van der Waals surface area contributed by atoms with Crippen LogP contribution in [0.25, 0.3) is 0 Å². The summed E-state index contributed by atoms with van der Waals surface area (Å²) in [6.45, 7) is 0.759. The number of fused-ring (bicyclic) bond motifs is 1. The van der Waals surface area contributed by atoms with E-state index in [0.717, 1.165) is 11.6 Å². The van der Waals surface area contributed by atoms with Gasteiger partial charge in [0, 0.05) is 19.7 Å². The molecule has 1 aliphatic heterocycles. The molecule has 5 heteroatoms. The molecular weight excluding hydrogens is 231 g/mol. The number of hydrogen-bond acceptors (Lipinski definition) is 2. The molecule has 0 aromatic heterocycles. The van der Waals surface area contributed by atoms with Crippen molar-refractivity contribution >= 4 is 0 Å². The second-order valence-corrected chi connectivity index (χ2v) is 4.18. The average Bonchev–Trinajstić information content (AvgIpc) is 2.27. The molecule has 94 valence electrons. The molecule has 0 amide bonds. The van der Waals surface area contributed by atoms with Crippen LogP contribution in [0.4, 0.5) is 13.2 Å². The summed E-state index contributed by atoms with van der Waals surface area (Å²) in [5.41, 5.74) is 0.603. The first-order chi connectivity index (χ1) is 8.02. The number of benzene rings is 1. The van der Waals surface area contributed by atoms with Gasteiger partial charge in [0.25, 0.3) is 0 Å². The van der Waals surface area contributed by atoms with E-state index in [4.69, 9.17) is 4.74 Å². The Kier molecular flexibility index (Phi) is 3.40. The Bertz CT molecular complexity index is 403. The van der Waals surface area contributed by atoms with E-state index in [0.29, 0.717) is 18.6 Å². The fraction of sp³-hybridized carbons (Fsp3) is 0.500. The van der Waals surface area contributed by atoms with Gasteiger partial charge in [0.2, 0.25) is 0 Å². The largest absolute Gasteiger partial charge is 0.416 e. The van der Waals surface area contributed by atoms with E-state index in [1.54, 1.807) is 13.2 Å². The first-order valence-corrected chi connectivity index (χ1v) is 5.42. The molecule has 1 aromatic carbocycles. The third-order valence-electron chi connectivity index (χ3n) is 2.98. The van der Waals surface area contributed by atoms with Gasteiger partial charge in [-0.05, 0) is 23.6 Å². The van der Waals surface area contributed by atoms with Crippen molar-refractivity contribution in [3.8, 4) is 0 Å². The molecule has 0 spiro atoms. The lowest BCUT2D eigenvalue weighted by molar-refractivity contribution is -0.138. The van der Waals surface area contributed by atoms with Crippen LogP contribution in [0.1, 0.15) is 16.7 Å². The minimum Gasteiger partial charge on any atom is -0.383 e. The quantitative estimate of drug-likeness (QED) is 0.863. The highest BCUT2D eigenvalue weighted by atomic mass is 19.4. The van der Waals surface area contributed by atoms with Gasteiger partial charge >= 0.3 is 6.18 Å². The van der Waals surface area contributed by atoms with E-state index < -0.39 is 11.7 Å². The van der Waals surface area contributed by atoms with E-state index in [1.165, 1.54) is 6.07 Å². The number of halogens is 3.